The summed E-state index contributed by atoms with van der Waals surface area (Å²) in [6.45, 7) is 1.58. The molecule has 3 heterocycles. The number of nitrogens with zero attached hydrogens (tertiary/aromatic N) is 1. The molecule has 21 heavy (non-hydrogen) atoms. The molecule has 1 saturated heterocycles. The minimum absolute atomic E-state index is 0.276. The molecule has 4 N–H and O–H groups in total. The maximum Gasteiger partial charge on any atom is 0.119 e. The van der Waals surface area contributed by atoms with Gasteiger partial charge in [-0.15, -0.1) is 22.9 Å². The number of thiophene rings is 1. The summed E-state index contributed by atoms with van der Waals surface area (Å²) in [7, 11) is 0. The standard InChI is InChI=1S/C14H17ClN2O3S/c1-2-14(6-18)13(19)9(15)11(20-14)7-5-21-12-8(16)3-4-17-10(7)12/h3-5,9,11,13,18-19H,2,6H2,1H3,(H2,16,17)/t9-,11-,13-,14+/m0/s1. The summed E-state index contributed by atoms with van der Waals surface area (Å²) < 4.78 is 6.84. The fraction of sp³-hybridized carbons (Fsp3) is 0.500. The van der Waals surface area contributed by atoms with Gasteiger partial charge in [-0.05, 0) is 17.9 Å². The summed E-state index contributed by atoms with van der Waals surface area (Å²) in [5.74, 6) is 0. The van der Waals surface area contributed by atoms with Crippen LogP contribution < -0.4 is 5.73 Å². The summed E-state index contributed by atoms with van der Waals surface area (Å²) in [5, 5.41) is 21.2. The van der Waals surface area contributed by atoms with E-state index in [0.29, 0.717) is 12.1 Å². The zero-order valence-corrected chi connectivity index (χ0v) is 13.1. The van der Waals surface area contributed by atoms with E-state index in [2.05, 4.69) is 4.98 Å². The van der Waals surface area contributed by atoms with E-state index >= 15 is 0 Å². The molecule has 0 aliphatic carbocycles. The Morgan fingerprint density at radius 2 is 2.33 bits per heavy atom. The number of hydrogen-bond donors (Lipinski definition) is 3. The van der Waals surface area contributed by atoms with Crippen LogP contribution in [0.25, 0.3) is 10.2 Å². The summed E-state index contributed by atoms with van der Waals surface area (Å²) >= 11 is 7.84. The molecule has 0 aromatic carbocycles. The van der Waals surface area contributed by atoms with Gasteiger partial charge in [0, 0.05) is 11.8 Å². The number of hydrogen-bond acceptors (Lipinski definition) is 6. The molecule has 2 aromatic rings. The number of aromatic nitrogens is 1. The monoisotopic (exact) mass is 328 g/mol. The summed E-state index contributed by atoms with van der Waals surface area (Å²) in [4.78, 5) is 4.35. The molecule has 1 aliphatic rings. The highest BCUT2D eigenvalue weighted by Crippen LogP contribution is 2.47. The van der Waals surface area contributed by atoms with Crippen LogP contribution >= 0.6 is 22.9 Å². The maximum absolute atomic E-state index is 10.3. The predicted octanol–water partition coefficient (Wildman–Crippen LogP) is 2.06. The van der Waals surface area contributed by atoms with Crippen molar-refractivity contribution in [3.05, 3.63) is 23.2 Å². The van der Waals surface area contributed by atoms with Gasteiger partial charge in [0.1, 0.15) is 17.8 Å². The molecule has 0 bridgehead atoms. The van der Waals surface area contributed by atoms with Crippen LogP contribution in [0.5, 0.6) is 0 Å². The number of aliphatic hydroxyl groups excluding tert-OH is 2. The van der Waals surface area contributed by atoms with Gasteiger partial charge in [-0.25, -0.2) is 0 Å². The average Bonchev–Trinajstić information content (AvgIpc) is 3.02. The van der Waals surface area contributed by atoms with Crippen LogP contribution in [-0.2, 0) is 4.74 Å². The van der Waals surface area contributed by atoms with Gasteiger partial charge in [0.05, 0.1) is 27.9 Å². The second-order valence-electron chi connectivity index (χ2n) is 5.27. The van der Waals surface area contributed by atoms with Crippen molar-refractivity contribution in [2.75, 3.05) is 12.3 Å². The van der Waals surface area contributed by atoms with Gasteiger partial charge in [0.15, 0.2) is 0 Å². The van der Waals surface area contributed by atoms with Crippen LogP contribution in [0.1, 0.15) is 25.0 Å². The Morgan fingerprint density at radius 3 is 2.95 bits per heavy atom. The molecule has 2 aromatic heterocycles. The lowest BCUT2D eigenvalue weighted by Gasteiger charge is -2.28. The number of halogens is 1. The Morgan fingerprint density at radius 1 is 1.57 bits per heavy atom. The molecule has 0 radical (unpaired) electrons. The van der Waals surface area contributed by atoms with Gasteiger partial charge < -0.3 is 20.7 Å². The fourth-order valence-corrected chi connectivity index (χ4v) is 4.18. The lowest BCUT2D eigenvalue weighted by molar-refractivity contribution is -0.113. The van der Waals surface area contributed by atoms with Crippen molar-refractivity contribution in [3.63, 3.8) is 0 Å². The van der Waals surface area contributed by atoms with E-state index in [0.717, 1.165) is 15.8 Å². The lowest BCUT2D eigenvalue weighted by Crippen LogP contribution is -2.44. The molecule has 0 amide bonds. The Hall–Kier alpha value is -0.920. The average molecular weight is 329 g/mol. The lowest BCUT2D eigenvalue weighted by atomic mass is 9.93. The summed E-state index contributed by atoms with van der Waals surface area (Å²) in [5.41, 5.74) is 7.13. The molecule has 1 aliphatic heterocycles. The molecule has 3 rings (SSSR count). The number of pyridine rings is 1. The minimum atomic E-state index is -1.02. The second kappa shape index (κ2) is 5.37. The minimum Gasteiger partial charge on any atom is -0.397 e. The maximum atomic E-state index is 10.3. The largest absolute Gasteiger partial charge is 0.397 e. The number of anilines is 1. The quantitative estimate of drug-likeness (QED) is 0.750. The Kier molecular flexibility index (Phi) is 3.83. The van der Waals surface area contributed by atoms with Crippen LogP contribution in [0.2, 0.25) is 0 Å². The molecule has 0 saturated carbocycles. The zero-order valence-electron chi connectivity index (χ0n) is 11.5. The normalized spacial score (nSPS) is 32.9. The van der Waals surface area contributed by atoms with E-state index in [1.165, 1.54) is 11.3 Å². The third kappa shape index (κ3) is 2.13. The van der Waals surface area contributed by atoms with Crippen molar-refractivity contribution in [1.29, 1.82) is 0 Å². The second-order valence-corrected chi connectivity index (χ2v) is 6.66. The molecule has 1 fully saturated rings. The van der Waals surface area contributed by atoms with E-state index < -0.39 is 23.2 Å². The zero-order chi connectivity index (χ0) is 15.2. The highest BCUT2D eigenvalue weighted by molar-refractivity contribution is 7.18. The van der Waals surface area contributed by atoms with Crippen LogP contribution in [0.15, 0.2) is 17.6 Å². The van der Waals surface area contributed by atoms with Crippen molar-refractivity contribution in [2.45, 2.75) is 36.5 Å². The van der Waals surface area contributed by atoms with Gasteiger partial charge in [0.25, 0.3) is 0 Å². The molecule has 4 atom stereocenters. The van der Waals surface area contributed by atoms with Gasteiger partial charge in [-0.3, -0.25) is 4.98 Å². The van der Waals surface area contributed by atoms with E-state index in [9.17, 15) is 10.2 Å². The van der Waals surface area contributed by atoms with Crippen LogP contribution in [0.4, 0.5) is 5.69 Å². The van der Waals surface area contributed by atoms with Crippen LogP contribution in [0, 0.1) is 0 Å². The third-order valence-electron chi connectivity index (χ3n) is 4.18. The molecule has 114 valence electrons. The smallest absolute Gasteiger partial charge is 0.119 e. The highest BCUT2D eigenvalue weighted by Gasteiger charge is 2.53. The molecule has 7 heteroatoms. The SMILES string of the molecule is CC[C@]1(CO)O[C@@H](c2csc3c(N)ccnc23)[C@H](Cl)[C@@H]1O. The molecule has 0 unspecified atom stereocenters. The molecule has 5 nitrogen and oxygen atoms in total. The van der Waals surface area contributed by atoms with Crippen molar-refractivity contribution in [3.8, 4) is 0 Å². The van der Waals surface area contributed by atoms with Gasteiger partial charge >= 0.3 is 0 Å². The number of nitrogens with two attached hydrogens (primary N) is 1. The van der Waals surface area contributed by atoms with E-state index in [1.807, 2.05) is 12.3 Å². The molecule has 0 spiro atoms. The van der Waals surface area contributed by atoms with Gasteiger partial charge in [-0.2, -0.15) is 0 Å². The van der Waals surface area contributed by atoms with Gasteiger partial charge in [-0.1, -0.05) is 6.92 Å². The fourth-order valence-electron chi connectivity index (χ4n) is 2.79. The first-order valence-corrected chi connectivity index (χ1v) is 8.08. The molecular formula is C14H17ClN2O3S. The Balaban J connectivity index is 2.06. The first-order chi connectivity index (χ1) is 10.0. The number of fused-ring (bicyclic) bond motifs is 1. The number of alkyl halides is 1. The molecular weight excluding hydrogens is 312 g/mol. The highest BCUT2D eigenvalue weighted by atomic mass is 35.5. The first-order valence-electron chi connectivity index (χ1n) is 6.76. The summed E-state index contributed by atoms with van der Waals surface area (Å²) in [6, 6.07) is 1.75. The van der Waals surface area contributed by atoms with Crippen molar-refractivity contribution in [2.24, 2.45) is 0 Å². The van der Waals surface area contributed by atoms with E-state index in [4.69, 9.17) is 22.1 Å². The number of rotatable bonds is 3. The Bertz CT molecular complexity index is 659. The third-order valence-corrected chi connectivity index (χ3v) is 5.68. The van der Waals surface area contributed by atoms with E-state index in [1.54, 1.807) is 12.3 Å². The van der Waals surface area contributed by atoms with Crippen LogP contribution in [0.3, 0.4) is 0 Å². The predicted molar refractivity (Wildman–Crippen MR) is 83.6 cm³/mol. The number of aliphatic hydroxyl groups is 2. The first kappa shape index (κ1) is 15.0. The van der Waals surface area contributed by atoms with Crippen LogP contribution in [-0.4, -0.2) is 38.9 Å². The Labute approximate surface area is 131 Å². The van der Waals surface area contributed by atoms with Crippen molar-refractivity contribution in [1.82, 2.24) is 4.98 Å². The van der Waals surface area contributed by atoms with Gasteiger partial charge in [0.2, 0.25) is 0 Å². The summed E-state index contributed by atoms with van der Waals surface area (Å²) in [6.07, 6.45) is 0.663. The van der Waals surface area contributed by atoms with Crippen molar-refractivity contribution >= 4 is 38.8 Å². The van der Waals surface area contributed by atoms with Crippen molar-refractivity contribution < 1.29 is 14.9 Å². The number of nitrogen functional groups attached to an aromatic ring is 1. The van der Waals surface area contributed by atoms with E-state index in [-0.39, 0.29) is 6.61 Å². The number of ether oxygens (including phenoxy) is 1. The topological polar surface area (TPSA) is 88.6 Å².